The minimum Gasteiger partial charge on any atom is -0.487 e. The maximum atomic E-state index is 13.6. The van der Waals surface area contributed by atoms with Crippen LogP contribution < -0.4 is 20.5 Å². The maximum Gasteiger partial charge on any atom is 0.416 e. The SMILES string of the molecule is O=C(Nc1cccnn1)c1c(N2CC(Oc3cc(F)cc(C(F)(F)F)c3)C2)cc[nH]c1=O. The molecule has 2 aromatic heterocycles. The number of ether oxygens (including phenoxy) is 1. The van der Waals surface area contributed by atoms with E-state index in [1.165, 1.54) is 24.5 Å². The summed E-state index contributed by atoms with van der Waals surface area (Å²) in [4.78, 5) is 29.0. The number of amides is 1. The molecule has 0 radical (unpaired) electrons. The summed E-state index contributed by atoms with van der Waals surface area (Å²) >= 11 is 0. The van der Waals surface area contributed by atoms with Gasteiger partial charge >= 0.3 is 6.18 Å². The van der Waals surface area contributed by atoms with Gasteiger partial charge in [0, 0.05) is 18.5 Å². The molecule has 3 heterocycles. The monoisotopic (exact) mass is 449 g/mol. The Morgan fingerprint density at radius 1 is 1.22 bits per heavy atom. The van der Waals surface area contributed by atoms with Crippen LogP contribution in [-0.2, 0) is 6.18 Å². The fraction of sp³-hybridized carbons (Fsp3) is 0.200. The summed E-state index contributed by atoms with van der Waals surface area (Å²) in [5.74, 6) is -1.87. The van der Waals surface area contributed by atoms with E-state index >= 15 is 0 Å². The highest BCUT2D eigenvalue weighted by Crippen LogP contribution is 2.33. The van der Waals surface area contributed by atoms with Gasteiger partial charge in [0.15, 0.2) is 5.82 Å². The molecule has 1 fully saturated rings. The van der Waals surface area contributed by atoms with Crippen LogP contribution in [0.4, 0.5) is 29.1 Å². The third-order valence-corrected chi connectivity index (χ3v) is 4.67. The van der Waals surface area contributed by atoms with Crippen molar-refractivity contribution in [2.75, 3.05) is 23.3 Å². The van der Waals surface area contributed by atoms with Crippen LogP contribution in [0.5, 0.6) is 5.75 Å². The molecule has 1 saturated heterocycles. The highest BCUT2D eigenvalue weighted by molar-refractivity contribution is 6.07. The number of H-pyrrole nitrogens is 1. The van der Waals surface area contributed by atoms with Gasteiger partial charge in [0.1, 0.15) is 23.2 Å². The van der Waals surface area contributed by atoms with Gasteiger partial charge in [-0.2, -0.15) is 18.3 Å². The normalized spacial score (nSPS) is 14.1. The van der Waals surface area contributed by atoms with E-state index in [0.29, 0.717) is 11.8 Å². The average molecular weight is 449 g/mol. The van der Waals surface area contributed by atoms with Crippen molar-refractivity contribution in [3.63, 3.8) is 0 Å². The summed E-state index contributed by atoms with van der Waals surface area (Å²) in [6, 6.07) is 6.56. The largest absolute Gasteiger partial charge is 0.487 e. The molecule has 0 saturated carbocycles. The number of hydrogen-bond donors (Lipinski definition) is 2. The van der Waals surface area contributed by atoms with Gasteiger partial charge in [-0.25, -0.2) is 4.39 Å². The van der Waals surface area contributed by atoms with E-state index < -0.39 is 35.1 Å². The number of alkyl halides is 3. The van der Waals surface area contributed by atoms with Crippen LogP contribution in [0.3, 0.4) is 0 Å². The molecule has 12 heteroatoms. The number of anilines is 2. The van der Waals surface area contributed by atoms with Gasteiger partial charge in [-0.15, -0.1) is 5.10 Å². The zero-order valence-electron chi connectivity index (χ0n) is 16.2. The molecule has 3 aromatic rings. The molecule has 0 bridgehead atoms. The first-order valence-corrected chi connectivity index (χ1v) is 9.31. The van der Waals surface area contributed by atoms with Crippen LogP contribution >= 0.6 is 0 Å². The molecule has 0 aliphatic carbocycles. The van der Waals surface area contributed by atoms with Crippen molar-refractivity contribution in [3.8, 4) is 5.75 Å². The van der Waals surface area contributed by atoms with E-state index in [-0.39, 0.29) is 30.2 Å². The van der Waals surface area contributed by atoms with Gasteiger partial charge in [-0.3, -0.25) is 9.59 Å². The Bertz CT molecular complexity index is 1190. The Kier molecular flexibility index (Phi) is 5.51. The summed E-state index contributed by atoms with van der Waals surface area (Å²) in [6.07, 6.45) is -2.48. The molecule has 1 aliphatic heterocycles. The molecule has 1 amide bonds. The first kappa shape index (κ1) is 21.3. The first-order valence-electron chi connectivity index (χ1n) is 9.31. The molecule has 32 heavy (non-hydrogen) atoms. The Morgan fingerprint density at radius 3 is 2.69 bits per heavy atom. The number of pyridine rings is 1. The van der Waals surface area contributed by atoms with E-state index in [2.05, 4.69) is 20.5 Å². The quantitative estimate of drug-likeness (QED) is 0.581. The lowest BCUT2D eigenvalue weighted by atomic mass is 10.1. The first-order chi connectivity index (χ1) is 15.2. The van der Waals surface area contributed by atoms with E-state index in [4.69, 9.17) is 4.74 Å². The lowest BCUT2D eigenvalue weighted by Crippen LogP contribution is -2.55. The lowest BCUT2D eigenvalue weighted by Gasteiger charge is -2.41. The van der Waals surface area contributed by atoms with Gasteiger partial charge in [-0.05, 0) is 30.3 Å². The van der Waals surface area contributed by atoms with Crippen molar-refractivity contribution in [1.82, 2.24) is 15.2 Å². The second-order valence-electron chi connectivity index (χ2n) is 6.95. The second kappa shape index (κ2) is 8.29. The number of carbonyl (C=O) groups is 1. The summed E-state index contributed by atoms with van der Waals surface area (Å²) in [7, 11) is 0. The molecule has 0 atom stereocenters. The van der Waals surface area contributed by atoms with Gasteiger partial charge in [0.2, 0.25) is 0 Å². The van der Waals surface area contributed by atoms with Crippen LogP contribution in [0.15, 0.2) is 53.6 Å². The lowest BCUT2D eigenvalue weighted by molar-refractivity contribution is -0.137. The summed E-state index contributed by atoms with van der Waals surface area (Å²) < 4.78 is 57.6. The van der Waals surface area contributed by atoms with Crippen molar-refractivity contribution < 1.29 is 27.1 Å². The summed E-state index contributed by atoms with van der Waals surface area (Å²) in [5.41, 5.74) is -1.64. The van der Waals surface area contributed by atoms with Crippen LogP contribution in [0.2, 0.25) is 0 Å². The fourth-order valence-electron chi connectivity index (χ4n) is 3.19. The average Bonchev–Trinajstić information content (AvgIpc) is 2.70. The zero-order valence-corrected chi connectivity index (χ0v) is 16.2. The summed E-state index contributed by atoms with van der Waals surface area (Å²) in [5, 5.41) is 9.86. The zero-order chi connectivity index (χ0) is 22.9. The number of aromatic amines is 1. The van der Waals surface area contributed by atoms with Crippen molar-refractivity contribution in [1.29, 1.82) is 0 Å². The smallest absolute Gasteiger partial charge is 0.416 e. The number of aromatic nitrogens is 3. The van der Waals surface area contributed by atoms with E-state index in [0.717, 1.165) is 12.1 Å². The molecular formula is C20H15F4N5O3. The number of nitrogens with one attached hydrogen (secondary N) is 2. The number of hydrogen-bond acceptors (Lipinski definition) is 6. The molecular weight excluding hydrogens is 434 g/mol. The van der Waals surface area contributed by atoms with Gasteiger partial charge in [0.25, 0.3) is 11.5 Å². The van der Waals surface area contributed by atoms with Gasteiger partial charge in [-0.1, -0.05) is 0 Å². The van der Waals surface area contributed by atoms with Crippen molar-refractivity contribution in [3.05, 3.63) is 76.1 Å². The molecule has 0 unspecified atom stereocenters. The Hall–Kier alpha value is -3.96. The second-order valence-corrected chi connectivity index (χ2v) is 6.95. The standard InChI is InChI=1S/C20H15F4N5O3/c21-12-6-11(20(22,23)24)7-13(8-12)32-14-9-29(10-14)15-3-5-25-18(30)17(15)19(31)27-16-2-1-4-26-28-16/h1-8,14H,9-10H2,(H,25,30)(H,27,28,31). The fourth-order valence-corrected chi connectivity index (χ4v) is 3.19. The van der Waals surface area contributed by atoms with Crippen LogP contribution in [0.25, 0.3) is 0 Å². The Morgan fingerprint density at radius 2 is 2.00 bits per heavy atom. The van der Waals surface area contributed by atoms with Crippen LogP contribution in [0.1, 0.15) is 15.9 Å². The number of carbonyl (C=O) groups excluding carboxylic acids is 1. The molecule has 1 aromatic carbocycles. The highest BCUT2D eigenvalue weighted by Gasteiger charge is 2.34. The number of rotatable bonds is 5. The Labute approximate surface area is 177 Å². The van der Waals surface area contributed by atoms with Crippen molar-refractivity contribution in [2.24, 2.45) is 0 Å². The van der Waals surface area contributed by atoms with Crippen LogP contribution in [-0.4, -0.2) is 40.3 Å². The highest BCUT2D eigenvalue weighted by atomic mass is 19.4. The van der Waals surface area contributed by atoms with E-state index in [1.54, 1.807) is 11.0 Å². The number of nitrogens with zero attached hydrogens (tertiary/aromatic N) is 3. The topological polar surface area (TPSA) is 100 Å². The minimum absolute atomic E-state index is 0.156. The van der Waals surface area contributed by atoms with Crippen molar-refractivity contribution >= 4 is 17.4 Å². The van der Waals surface area contributed by atoms with E-state index in [1.807, 2.05) is 0 Å². The van der Waals surface area contributed by atoms with Crippen LogP contribution in [0, 0.1) is 5.82 Å². The Balaban J connectivity index is 1.48. The molecule has 1 aliphatic rings. The molecule has 166 valence electrons. The molecule has 0 spiro atoms. The third kappa shape index (κ3) is 4.53. The van der Waals surface area contributed by atoms with E-state index in [9.17, 15) is 27.2 Å². The molecule has 4 rings (SSSR count). The molecule has 8 nitrogen and oxygen atoms in total. The predicted octanol–water partition coefficient (Wildman–Crippen LogP) is 2.84. The number of halogens is 4. The maximum absolute atomic E-state index is 13.6. The minimum atomic E-state index is -4.71. The van der Waals surface area contributed by atoms with Gasteiger partial charge in [0.05, 0.1) is 24.3 Å². The third-order valence-electron chi connectivity index (χ3n) is 4.67. The molecule has 2 N–H and O–H groups in total. The predicted molar refractivity (Wildman–Crippen MR) is 105 cm³/mol. The van der Waals surface area contributed by atoms with Gasteiger partial charge < -0.3 is 19.9 Å². The summed E-state index contributed by atoms with van der Waals surface area (Å²) in [6.45, 7) is 0.347. The van der Waals surface area contributed by atoms with Crippen molar-refractivity contribution in [2.45, 2.75) is 12.3 Å². The number of benzene rings is 1.